The first-order valence-corrected chi connectivity index (χ1v) is 10.7. The van der Waals surface area contributed by atoms with E-state index >= 15 is 0 Å². The van der Waals surface area contributed by atoms with Crippen LogP contribution < -0.4 is 4.90 Å². The number of halogens is 2. The number of amides is 1. The SMILES string of the molecule is Cc1nc(C)c(Cc2ccc(Cl)cc2)c(N2CCN(C(=O)c3ccccc3F)CC2)n1. The van der Waals surface area contributed by atoms with Crippen LogP contribution in [0.3, 0.4) is 0 Å². The van der Waals surface area contributed by atoms with Crippen LogP contribution in [0.5, 0.6) is 0 Å². The number of carbonyl (C=O) groups is 1. The highest BCUT2D eigenvalue weighted by molar-refractivity contribution is 6.30. The van der Waals surface area contributed by atoms with Crippen LogP contribution in [0, 0.1) is 19.7 Å². The zero-order chi connectivity index (χ0) is 22.0. The maximum absolute atomic E-state index is 14.0. The number of piperazine rings is 1. The molecule has 160 valence electrons. The molecule has 0 bridgehead atoms. The van der Waals surface area contributed by atoms with E-state index in [0.717, 1.165) is 28.5 Å². The van der Waals surface area contributed by atoms with E-state index in [4.69, 9.17) is 16.6 Å². The van der Waals surface area contributed by atoms with Gasteiger partial charge in [0.25, 0.3) is 5.91 Å². The van der Waals surface area contributed by atoms with Crippen LogP contribution in [0.4, 0.5) is 10.2 Å². The van der Waals surface area contributed by atoms with Crippen molar-refractivity contribution >= 4 is 23.3 Å². The summed E-state index contributed by atoms with van der Waals surface area (Å²) in [5, 5.41) is 0.705. The number of hydrogen-bond donors (Lipinski definition) is 0. The fourth-order valence-corrected chi connectivity index (χ4v) is 4.04. The average molecular weight is 439 g/mol. The smallest absolute Gasteiger partial charge is 0.256 e. The fourth-order valence-electron chi connectivity index (χ4n) is 3.92. The Kier molecular flexibility index (Phi) is 6.18. The fraction of sp³-hybridized carbons (Fsp3) is 0.292. The maximum atomic E-state index is 14.0. The molecule has 0 aliphatic carbocycles. The first-order chi connectivity index (χ1) is 14.9. The van der Waals surface area contributed by atoms with E-state index in [-0.39, 0.29) is 11.5 Å². The molecule has 31 heavy (non-hydrogen) atoms. The summed E-state index contributed by atoms with van der Waals surface area (Å²) in [6.07, 6.45) is 0.701. The molecule has 0 spiro atoms. The van der Waals surface area contributed by atoms with Crippen LogP contribution >= 0.6 is 11.6 Å². The Morgan fingerprint density at radius 1 is 1.00 bits per heavy atom. The highest BCUT2D eigenvalue weighted by atomic mass is 35.5. The Hall–Kier alpha value is -2.99. The quantitative estimate of drug-likeness (QED) is 0.604. The second kappa shape index (κ2) is 9.02. The molecule has 1 aliphatic heterocycles. The van der Waals surface area contributed by atoms with Gasteiger partial charge in [-0.3, -0.25) is 4.79 Å². The molecule has 2 aromatic carbocycles. The van der Waals surface area contributed by atoms with Crippen LogP contribution in [0.15, 0.2) is 48.5 Å². The van der Waals surface area contributed by atoms with Crippen LogP contribution in [0.25, 0.3) is 0 Å². The van der Waals surface area contributed by atoms with E-state index in [1.807, 2.05) is 38.1 Å². The van der Waals surface area contributed by atoms with Gasteiger partial charge in [-0.05, 0) is 43.7 Å². The van der Waals surface area contributed by atoms with Gasteiger partial charge >= 0.3 is 0 Å². The van der Waals surface area contributed by atoms with E-state index in [2.05, 4.69) is 9.88 Å². The molecule has 1 aromatic heterocycles. The van der Waals surface area contributed by atoms with Crippen molar-refractivity contribution in [3.05, 3.63) is 87.6 Å². The van der Waals surface area contributed by atoms with Crippen molar-refractivity contribution in [2.24, 2.45) is 0 Å². The first kappa shape index (κ1) is 21.2. The van der Waals surface area contributed by atoms with Crippen molar-refractivity contribution in [2.75, 3.05) is 31.1 Å². The molecular weight excluding hydrogens is 415 g/mol. The number of anilines is 1. The number of aryl methyl sites for hydroxylation is 2. The van der Waals surface area contributed by atoms with Crippen LogP contribution in [-0.2, 0) is 6.42 Å². The van der Waals surface area contributed by atoms with Gasteiger partial charge in [0.2, 0.25) is 0 Å². The molecule has 1 amide bonds. The molecule has 0 saturated carbocycles. The standard InChI is InChI=1S/C24H24ClFN4O/c1-16-21(15-18-7-9-19(25)10-8-18)23(28-17(2)27-16)29-11-13-30(14-12-29)24(31)20-5-3-4-6-22(20)26/h3-10H,11-15H2,1-2H3. The van der Waals surface area contributed by atoms with Gasteiger partial charge in [-0.1, -0.05) is 35.9 Å². The zero-order valence-electron chi connectivity index (χ0n) is 17.6. The number of aromatic nitrogens is 2. The van der Waals surface area contributed by atoms with Crippen LogP contribution in [-0.4, -0.2) is 47.0 Å². The second-order valence-corrected chi connectivity index (χ2v) is 8.16. The first-order valence-electron chi connectivity index (χ1n) is 10.3. The number of hydrogen-bond acceptors (Lipinski definition) is 4. The Bertz CT molecular complexity index is 1100. The van der Waals surface area contributed by atoms with E-state index < -0.39 is 5.82 Å². The van der Waals surface area contributed by atoms with Crippen LogP contribution in [0.1, 0.15) is 33.0 Å². The molecule has 0 atom stereocenters. The van der Waals surface area contributed by atoms with E-state index in [9.17, 15) is 9.18 Å². The van der Waals surface area contributed by atoms with Gasteiger partial charge < -0.3 is 9.80 Å². The third-order valence-electron chi connectivity index (χ3n) is 5.57. The zero-order valence-corrected chi connectivity index (χ0v) is 18.4. The van der Waals surface area contributed by atoms with Crippen molar-refractivity contribution in [1.29, 1.82) is 0 Å². The number of rotatable bonds is 4. The summed E-state index contributed by atoms with van der Waals surface area (Å²) < 4.78 is 14.0. The Morgan fingerprint density at radius 3 is 2.35 bits per heavy atom. The minimum atomic E-state index is -0.484. The molecule has 3 aromatic rings. The second-order valence-electron chi connectivity index (χ2n) is 7.72. The van der Waals surface area contributed by atoms with Gasteiger partial charge in [-0.25, -0.2) is 14.4 Å². The molecular formula is C24H24ClFN4O. The summed E-state index contributed by atoms with van der Waals surface area (Å²) in [4.78, 5) is 25.9. The van der Waals surface area contributed by atoms with Crippen molar-refractivity contribution in [3.8, 4) is 0 Å². The van der Waals surface area contributed by atoms with Crippen molar-refractivity contribution in [3.63, 3.8) is 0 Å². The highest BCUT2D eigenvalue weighted by Crippen LogP contribution is 2.26. The lowest BCUT2D eigenvalue weighted by Gasteiger charge is -2.36. The summed E-state index contributed by atoms with van der Waals surface area (Å²) in [5.74, 6) is 0.867. The molecule has 1 saturated heterocycles. The van der Waals surface area contributed by atoms with E-state index in [1.54, 1.807) is 17.0 Å². The molecule has 2 heterocycles. The molecule has 1 aliphatic rings. The number of carbonyl (C=O) groups excluding carboxylic acids is 1. The van der Waals surface area contributed by atoms with E-state index in [0.29, 0.717) is 37.6 Å². The summed E-state index contributed by atoms with van der Waals surface area (Å²) >= 11 is 6.02. The van der Waals surface area contributed by atoms with Gasteiger partial charge in [0.15, 0.2) is 0 Å². The molecule has 5 nitrogen and oxygen atoms in total. The summed E-state index contributed by atoms with van der Waals surface area (Å²) in [7, 11) is 0. The third-order valence-corrected chi connectivity index (χ3v) is 5.82. The summed E-state index contributed by atoms with van der Waals surface area (Å²) in [6, 6.07) is 13.9. The van der Waals surface area contributed by atoms with Gasteiger partial charge in [0.05, 0.1) is 5.56 Å². The molecule has 0 unspecified atom stereocenters. The minimum Gasteiger partial charge on any atom is -0.353 e. The van der Waals surface area contributed by atoms with Gasteiger partial charge in [-0.15, -0.1) is 0 Å². The Labute approximate surface area is 186 Å². The number of benzene rings is 2. The molecule has 4 rings (SSSR count). The van der Waals surface area contributed by atoms with Crippen LogP contribution in [0.2, 0.25) is 5.02 Å². The predicted octanol–water partition coefficient (Wildman–Crippen LogP) is 4.44. The topological polar surface area (TPSA) is 49.3 Å². The lowest BCUT2D eigenvalue weighted by Crippen LogP contribution is -2.49. The normalized spacial score (nSPS) is 14.1. The lowest BCUT2D eigenvalue weighted by atomic mass is 10.0. The third kappa shape index (κ3) is 4.69. The van der Waals surface area contributed by atoms with Gasteiger partial charge in [0.1, 0.15) is 17.5 Å². The predicted molar refractivity (Wildman–Crippen MR) is 120 cm³/mol. The minimum absolute atomic E-state index is 0.119. The lowest BCUT2D eigenvalue weighted by molar-refractivity contribution is 0.0741. The maximum Gasteiger partial charge on any atom is 0.256 e. The number of nitrogens with zero attached hydrogens (tertiary/aromatic N) is 4. The summed E-state index contributed by atoms with van der Waals surface area (Å²) in [6.45, 7) is 6.17. The highest BCUT2D eigenvalue weighted by Gasteiger charge is 2.26. The summed E-state index contributed by atoms with van der Waals surface area (Å²) in [5.41, 5.74) is 3.27. The van der Waals surface area contributed by atoms with Crippen molar-refractivity contribution in [1.82, 2.24) is 14.9 Å². The van der Waals surface area contributed by atoms with E-state index in [1.165, 1.54) is 12.1 Å². The van der Waals surface area contributed by atoms with Crippen molar-refractivity contribution in [2.45, 2.75) is 20.3 Å². The molecule has 0 radical (unpaired) electrons. The molecule has 1 fully saturated rings. The Balaban J connectivity index is 1.53. The molecule has 7 heteroatoms. The molecule has 0 N–H and O–H groups in total. The van der Waals surface area contributed by atoms with Gasteiger partial charge in [0, 0.05) is 48.9 Å². The monoisotopic (exact) mass is 438 g/mol. The average Bonchev–Trinajstić information content (AvgIpc) is 2.77. The largest absolute Gasteiger partial charge is 0.353 e. The van der Waals surface area contributed by atoms with Crippen molar-refractivity contribution < 1.29 is 9.18 Å². The Morgan fingerprint density at radius 2 is 1.68 bits per heavy atom. The van der Waals surface area contributed by atoms with Gasteiger partial charge in [-0.2, -0.15) is 0 Å².